The van der Waals surface area contributed by atoms with Crippen LogP contribution in [0, 0.1) is 0 Å². The number of para-hydroxylation sites is 1. The molecule has 0 saturated heterocycles. The number of nitrogens with one attached hydrogen (secondary N) is 1. The number of hydrogen-bond acceptors (Lipinski definition) is 9. The van der Waals surface area contributed by atoms with Gasteiger partial charge in [-0.2, -0.15) is 8.42 Å². The fourth-order valence-corrected chi connectivity index (χ4v) is 6.08. The van der Waals surface area contributed by atoms with Crippen molar-refractivity contribution in [2.24, 2.45) is 0 Å². The third-order valence-electron chi connectivity index (χ3n) is 6.29. The van der Waals surface area contributed by atoms with Crippen molar-refractivity contribution in [1.82, 2.24) is 0 Å². The van der Waals surface area contributed by atoms with E-state index in [0.717, 1.165) is 6.07 Å². The first-order valence-corrected chi connectivity index (χ1v) is 14.8. The fourth-order valence-electron chi connectivity index (χ4n) is 4.18. The predicted molar refractivity (Wildman–Crippen MR) is 146 cm³/mol. The minimum absolute atomic E-state index is 0. The standard InChI is InChI=1S/C27H26N2O8S2.Na/c1-4-27(2,3)37-13-14-38(32,33)20-12-8-7-11-18(20)29-19-15-21(39(34,35)36)24(28)23-22(19)25(30)16-9-5-6-10-17(16)26(23)31;/h4-12,15,29H,1,13-14,28H2,2-3H3,(H,34,35,36);/q;+1. The summed E-state index contributed by atoms with van der Waals surface area (Å²) >= 11 is 0. The van der Waals surface area contributed by atoms with Crippen molar-refractivity contribution in [2.45, 2.75) is 29.2 Å². The van der Waals surface area contributed by atoms with Gasteiger partial charge in [0.05, 0.1) is 51.0 Å². The number of nitrogen functional groups attached to an aromatic ring is 1. The van der Waals surface area contributed by atoms with Gasteiger partial charge >= 0.3 is 29.6 Å². The number of anilines is 3. The van der Waals surface area contributed by atoms with Crippen molar-refractivity contribution in [3.63, 3.8) is 0 Å². The summed E-state index contributed by atoms with van der Waals surface area (Å²) in [5.41, 5.74) is 3.90. The number of ether oxygens (including phenoxy) is 1. The van der Waals surface area contributed by atoms with Gasteiger partial charge in [0, 0.05) is 11.1 Å². The predicted octanol–water partition coefficient (Wildman–Crippen LogP) is 0.793. The Kier molecular flexibility index (Phi) is 9.16. The SMILES string of the molecule is C=CC(C)(C)OCCS(=O)(=O)c1ccccc1Nc1cc(S(=O)(=O)O)c(N)c2c1C(=O)c1ccccc1C2=O.[Na+]. The molecule has 0 bridgehead atoms. The molecule has 1 aliphatic rings. The van der Waals surface area contributed by atoms with Crippen molar-refractivity contribution < 1.29 is 65.3 Å². The van der Waals surface area contributed by atoms with Crippen LogP contribution in [0.5, 0.6) is 0 Å². The average Bonchev–Trinajstić information content (AvgIpc) is 2.87. The van der Waals surface area contributed by atoms with E-state index in [2.05, 4.69) is 11.9 Å². The van der Waals surface area contributed by atoms with Gasteiger partial charge in [-0.25, -0.2) is 8.42 Å². The van der Waals surface area contributed by atoms with Gasteiger partial charge in [-0.1, -0.05) is 42.5 Å². The molecule has 0 aliphatic heterocycles. The van der Waals surface area contributed by atoms with Crippen LogP contribution in [-0.2, 0) is 24.7 Å². The summed E-state index contributed by atoms with van der Waals surface area (Å²) < 4.78 is 66.2. The minimum atomic E-state index is -4.94. The number of carbonyl (C=O) groups excluding carboxylic acids is 2. The number of nitrogens with two attached hydrogens (primary N) is 1. The summed E-state index contributed by atoms with van der Waals surface area (Å²) in [5.74, 6) is -1.73. The maximum Gasteiger partial charge on any atom is 1.00 e. The number of ketones is 2. The Morgan fingerprint density at radius 3 is 2.05 bits per heavy atom. The Labute approximate surface area is 254 Å². The van der Waals surface area contributed by atoms with Gasteiger partial charge in [0.25, 0.3) is 10.1 Å². The van der Waals surface area contributed by atoms with Crippen molar-refractivity contribution >= 4 is 48.6 Å². The summed E-state index contributed by atoms with van der Waals surface area (Å²) in [7, 11) is -8.89. The topological polar surface area (TPSA) is 170 Å². The molecule has 0 fully saturated rings. The van der Waals surface area contributed by atoms with Crippen LogP contribution in [0.15, 0.2) is 77.0 Å². The van der Waals surface area contributed by atoms with Gasteiger partial charge in [0.15, 0.2) is 21.4 Å². The van der Waals surface area contributed by atoms with Crippen LogP contribution >= 0.6 is 0 Å². The summed E-state index contributed by atoms with van der Waals surface area (Å²) in [6, 6.07) is 12.6. The molecule has 0 atom stereocenters. The van der Waals surface area contributed by atoms with Crippen LogP contribution < -0.4 is 40.6 Å². The number of rotatable bonds is 9. The normalized spacial score (nSPS) is 13.2. The molecule has 0 saturated carbocycles. The van der Waals surface area contributed by atoms with Crippen molar-refractivity contribution in [3.8, 4) is 0 Å². The van der Waals surface area contributed by atoms with Gasteiger partial charge < -0.3 is 15.8 Å². The van der Waals surface area contributed by atoms with Crippen molar-refractivity contribution in [2.75, 3.05) is 23.4 Å². The van der Waals surface area contributed by atoms with E-state index in [1.54, 1.807) is 26.0 Å². The maximum atomic E-state index is 13.5. The molecular weight excluding hydrogens is 567 g/mol. The molecule has 13 heteroatoms. The molecular formula is C27H26N2NaO8S2+. The second-order valence-corrected chi connectivity index (χ2v) is 12.8. The number of hydrogen-bond donors (Lipinski definition) is 3. The Morgan fingerprint density at radius 1 is 0.925 bits per heavy atom. The number of fused-ring (bicyclic) bond motifs is 2. The summed E-state index contributed by atoms with van der Waals surface area (Å²) in [6.45, 7) is 6.98. The van der Waals surface area contributed by atoms with E-state index >= 15 is 0 Å². The fraction of sp³-hybridized carbons (Fsp3) is 0.185. The third-order valence-corrected chi connectivity index (χ3v) is 8.91. The number of carbonyl (C=O) groups is 2. The maximum absolute atomic E-state index is 13.5. The van der Waals surface area contributed by atoms with E-state index < -0.39 is 53.3 Å². The minimum Gasteiger partial charge on any atom is -0.397 e. The summed E-state index contributed by atoms with van der Waals surface area (Å²) in [6.07, 6.45) is 1.54. The van der Waals surface area contributed by atoms with Gasteiger partial charge in [0.1, 0.15) is 4.90 Å². The second-order valence-electron chi connectivity index (χ2n) is 9.36. The molecule has 3 aromatic carbocycles. The van der Waals surface area contributed by atoms with Crippen LogP contribution in [0.25, 0.3) is 0 Å². The molecule has 204 valence electrons. The van der Waals surface area contributed by atoms with Gasteiger partial charge in [-0.05, 0) is 32.0 Å². The summed E-state index contributed by atoms with van der Waals surface area (Å²) in [5, 5.41) is 2.81. The smallest absolute Gasteiger partial charge is 0.397 e. The quantitative estimate of drug-likeness (QED) is 0.109. The van der Waals surface area contributed by atoms with E-state index in [9.17, 15) is 31.0 Å². The Morgan fingerprint density at radius 2 is 1.48 bits per heavy atom. The van der Waals surface area contributed by atoms with Crippen LogP contribution in [0.2, 0.25) is 0 Å². The average molecular weight is 594 g/mol. The Bertz CT molecular complexity index is 1750. The molecule has 0 aromatic heterocycles. The number of benzene rings is 3. The monoisotopic (exact) mass is 593 g/mol. The molecule has 0 heterocycles. The first-order chi connectivity index (χ1) is 18.2. The number of sulfone groups is 1. The van der Waals surface area contributed by atoms with Crippen molar-refractivity contribution in [3.05, 3.63) is 89.5 Å². The first-order valence-electron chi connectivity index (χ1n) is 11.7. The zero-order valence-corrected chi connectivity index (χ0v) is 25.7. The van der Waals surface area contributed by atoms with Crippen LogP contribution in [-0.4, -0.2) is 50.9 Å². The zero-order chi connectivity index (χ0) is 28.8. The zero-order valence-electron chi connectivity index (χ0n) is 22.1. The van der Waals surface area contributed by atoms with Crippen LogP contribution in [0.4, 0.5) is 17.1 Å². The van der Waals surface area contributed by atoms with Gasteiger partial charge in [-0.3, -0.25) is 14.1 Å². The van der Waals surface area contributed by atoms with E-state index in [0.29, 0.717) is 0 Å². The first kappa shape index (κ1) is 31.7. The Balaban J connectivity index is 0.00000441. The van der Waals surface area contributed by atoms with Crippen LogP contribution in [0.1, 0.15) is 45.7 Å². The Hall–Kier alpha value is -2.84. The molecule has 0 amide bonds. The van der Waals surface area contributed by atoms with Crippen molar-refractivity contribution in [1.29, 1.82) is 0 Å². The molecule has 10 nitrogen and oxygen atoms in total. The molecule has 0 spiro atoms. The molecule has 3 aromatic rings. The molecule has 4 N–H and O–H groups in total. The largest absolute Gasteiger partial charge is 1.00 e. The van der Waals surface area contributed by atoms with E-state index in [4.69, 9.17) is 10.5 Å². The molecule has 0 unspecified atom stereocenters. The van der Waals surface area contributed by atoms with E-state index in [1.807, 2.05) is 0 Å². The molecule has 1 aliphatic carbocycles. The molecule has 4 rings (SSSR count). The van der Waals surface area contributed by atoms with E-state index in [-0.39, 0.29) is 74.9 Å². The van der Waals surface area contributed by atoms with Gasteiger partial charge in [0.2, 0.25) is 0 Å². The van der Waals surface area contributed by atoms with Gasteiger partial charge in [-0.15, -0.1) is 6.58 Å². The third kappa shape index (κ3) is 6.08. The second kappa shape index (κ2) is 11.6. The molecule has 40 heavy (non-hydrogen) atoms. The van der Waals surface area contributed by atoms with E-state index in [1.165, 1.54) is 42.5 Å². The molecule has 0 radical (unpaired) electrons. The van der Waals surface area contributed by atoms with Crippen LogP contribution in [0.3, 0.4) is 0 Å². The summed E-state index contributed by atoms with van der Waals surface area (Å²) in [4.78, 5) is 25.9.